The van der Waals surface area contributed by atoms with E-state index in [0.29, 0.717) is 5.56 Å². The van der Waals surface area contributed by atoms with E-state index in [4.69, 9.17) is 0 Å². The molecule has 0 atom stereocenters. The molecular weight excluding hydrogens is 333 g/mol. The van der Waals surface area contributed by atoms with Crippen molar-refractivity contribution in [1.29, 1.82) is 0 Å². The van der Waals surface area contributed by atoms with Gasteiger partial charge in [-0.3, -0.25) is 24.9 Å². The molecule has 0 aliphatic heterocycles. The predicted molar refractivity (Wildman–Crippen MR) is 83.3 cm³/mol. The number of halogens is 1. The Morgan fingerprint density at radius 3 is 2.84 bits per heavy atom. The minimum Gasteiger partial charge on any atom is -0.287 e. The number of carbonyl (C=O) groups is 1. The number of anilines is 1. The minimum absolute atomic E-state index is 0.0682. The van der Waals surface area contributed by atoms with Gasteiger partial charge in [-0.25, -0.2) is 14.1 Å². The van der Waals surface area contributed by atoms with Crippen LogP contribution in [-0.4, -0.2) is 35.4 Å². The third kappa shape index (κ3) is 3.49. The number of rotatable bonds is 5. The van der Waals surface area contributed by atoms with E-state index in [-0.39, 0.29) is 24.0 Å². The summed E-state index contributed by atoms with van der Waals surface area (Å²) in [5.74, 6) is -1.26. The Morgan fingerprint density at radius 1 is 1.36 bits per heavy atom. The maximum atomic E-state index is 13.6. The maximum Gasteiger partial charge on any atom is 0.320 e. The van der Waals surface area contributed by atoms with Crippen LogP contribution in [0, 0.1) is 15.9 Å². The summed E-state index contributed by atoms with van der Waals surface area (Å²) in [7, 11) is 1.46. The molecule has 0 saturated heterocycles. The SMILES string of the molecule is Cn1cc([N+](=O)[O-])c(C(=O)Nc2ncn(Cc3ccccc3F)n2)n1. The minimum atomic E-state index is -0.809. The second kappa shape index (κ2) is 6.47. The molecule has 2 aromatic heterocycles. The number of benzene rings is 1. The smallest absolute Gasteiger partial charge is 0.287 e. The first kappa shape index (κ1) is 16.2. The lowest BCUT2D eigenvalue weighted by atomic mass is 10.2. The van der Waals surface area contributed by atoms with E-state index >= 15 is 0 Å². The van der Waals surface area contributed by atoms with E-state index in [2.05, 4.69) is 20.5 Å². The van der Waals surface area contributed by atoms with Crippen LogP contribution < -0.4 is 5.32 Å². The van der Waals surface area contributed by atoms with Crippen molar-refractivity contribution in [3.63, 3.8) is 0 Å². The van der Waals surface area contributed by atoms with Crippen molar-refractivity contribution >= 4 is 17.5 Å². The van der Waals surface area contributed by atoms with Gasteiger partial charge in [0.25, 0.3) is 5.91 Å². The highest BCUT2D eigenvalue weighted by atomic mass is 19.1. The van der Waals surface area contributed by atoms with E-state index in [1.54, 1.807) is 18.2 Å². The lowest BCUT2D eigenvalue weighted by molar-refractivity contribution is -0.385. The topological polar surface area (TPSA) is 121 Å². The summed E-state index contributed by atoms with van der Waals surface area (Å²) >= 11 is 0. The van der Waals surface area contributed by atoms with Gasteiger partial charge in [0.05, 0.1) is 11.5 Å². The molecule has 3 rings (SSSR count). The van der Waals surface area contributed by atoms with Crippen molar-refractivity contribution in [2.75, 3.05) is 5.32 Å². The van der Waals surface area contributed by atoms with Gasteiger partial charge in [-0.15, -0.1) is 5.10 Å². The average molecular weight is 345 g/mol. The summed E-state index contributed by atoms with van der Waals surface area (Å²) in [5.41, 5.74) is -0.366. The quantitative estimate of drug-likeness (QED) is 0.550. The molecule has 0 radical (unpaired) electrons. The molecule has 10 nitrogen and oxygen atoms in total. The van der Waals surface area contributed by atoms with Gasteiger partial charge in [0.2, 0.25) is 11.6 Å². The summed E-state index contributed by atoms with van der Waals surface area (Å²) < 4.78 is 16.1. The Bertz CT molecular complexity index is 950. The van der Waals surface area contributed by atoms with Crippen LogP contribution in [0.5, 0.6) is 0 Å². The molecule has 0 fully saturated rings. The maximum absolute atomic E-state index is 13.6. The molecule has 3 aromatic rings. The Balaban J connectivity index is 1.74. The van der Waals surface area contributed by atoms with Crippen LogP contribution in [0.25, 0.3) is 0 Å². The molecule has 1 aromatic carbocycles. The summed E-state index contributed by atoms with van der Waals surface area (Å²) in [6.45, 7) is 0.124. The fourth-order valence-electron chi connectivity index (χ4n) is 2.16. The van der Waals surface area contributed by atoms with Crippen LogP contribution in [0.3, 0.4) is 0 Å². The predicted octanol–water partition coefficient (Wildman–Crippen LogP) is 1.36. The zero-order valence-corrected chi connectivity index (χ0v) is 13.0. The Kier molecular flexibility index (Phi) is 4.20. The van der Waals surface area contributed by atoms with Gasteiger partial charge in [-0.2, -0.15) is 5.10 Å². The number of aromatic nitrogens is 5. The number of nitrogens with one attached hydrogen (secondary N) is 1. The molecule has 128 valence electrons. The van der Waals surface area contributed by atoms with Crippen molar-refractivity contribution in [3.05, 3.63) is 64.0 Å². The average Bonchev–Trinajstić information content (AvgIpc) is 3.16. The summed E-state index contributed by atoms with van der Waals surface area (Å²) in [6, 6.07) is 6.20. The third-order valence-electron chi connectivity index (χ3n) is 3.27. The second-order valence-electron chi connectivity index (χ2n) is 5.11. The monoisotopic (exact) mass is 345 g/mol. The molecule has 0 spiro atoms. The first-order chi connectivity index (χ1) is 11.9. The highest BCUT2D eigenvalue weighted by Crippen LogP contribution is 2.17. The lowest BCUT2D eigenvalue weighted by Crippen LogP contribution is -2.16. The molecule has 1 N–H and O–H groups in total. The lowest BCUT2D eigenvalue weighted by Gasteiger charge is -2.02. The first-order valence-electron chi connectivity index (χ1n) is 7.06. The number of nitro groups is 1. The van der Waals surface area contributed by atoms with Gasteiger partial charge in [0.15, 0.2) is 0 Å². The summed E-state index contributed by atoms with van der Waals surface area (Å²) in [5, 5.41) is 21.0. The van der Waals surface area contributed by atoms with Crippen LogP contribution in [0.2, 0.25) is 0 Å². The van der Waals surface area contributed by atoms with E-state index in [1.807, 2.05) is 0 Å². The van der Waals surface area contributed by atoms with Gasteiger partial charge in [-0.05, 0) is 6.07 Å². The van der Waals surface area contributed by atoms with Crippen molar-refractivity contribution < 1.29 is 14.1 Å². The van der Waals surface area contributed by atoms with E-state index < -0.39 is 16.5 Å². The Morgan fingerprint density at radius 2 is 2.12 bits per heavy atom. The molecular formula is C14H12FN7O3. The van der Waals surface area contributed by atoms with Crippen LogP contribution in [0.15, 0.2) is 36.8 Å². The molecule has 0 aliphatic carbocycles. The van der Waals surface area contributed by atoms with Crippen molar-refractivity contribution in [2.24, 2.45) is 7.05 Å². The fraction of sp³-hybridized carbons (Fsp3) is 0.143. The molecule has 11 heteroatoms. The number of amides is 1. The van der Waals surface area contributed by atoms with Crippen LogP contribution in [-0.2, 0) is 13.6 Å². The summed E-state index contributed by atoms with van der Waals surface area (Å²) in [6.07, 6.45) is 2.44. The van der Waals surface area contributed by atoms with Gasteiger partial charge in [0, 0.05) is 12.6 Å². The first-order valence-corrected chi connectivity index (χ1v) is 7.06. The molecule has 0 saturated carbocycles. The van der Waals surface area contributed by atoms with Gasteiger partial charge < -0.3 is 0 Å². The molecule has 1 amide bonds. The molecule has 2 heterocycles. The van der Waals surface area contributed by atoms with Crippen LogP contribution >= 0.6 is 0 Å². The Hall–Kier alpha value is -3.63. The zero-order chi connectivity index (χ0) is 18.0. The number of nitrogens with zero attached hydrogens (tertiary/aromatic N) is 6. The van der Waals surface area contributed by atoms with E-state index in [0.717, 1.165) is 10.9 Å². The van der Waals surface area contributed by atoms with E-state index in [1.165, 1.54) is 24.1 Å². The van der Waals surface area contributed by atoms with Crippen molar-refractivity contribution in [2.45, 2.75) is 6.54 Å². The molecule has 0 bridgehead atoms. The van der Waals surface area contributed by atoms with E-state index in [9.17, 15) is 19.3 Å². The number of aryl methyl sites for hydroxylation is 1. The standard InChI is InChI=1S/C14H12FN7O3/c1-20-7-11(22(24)25)12(18-20)13(23)17-14-16-8-21(19-14)6-9-4-2-3-5-10(9)15/h2-5,7-8H,6H2,1H3,(H,17,19,23). The number of hydrogen-bond acceptors (Lipinski definition) is 6. The second-order valence-corrected chi connectivity index (χ2v) is 5.11. The van der Waals surface area contributed by atoms with Gasteiger partial charge in [-0.1, -0.05) is 18.2 Å². The van der Waals surface area contributed by atoms with Crippen LogP contribution in [0.1, 0.15) is 16.1 Å². The third-order valence-corrected chi connectivity index (χ3v) is 3.27. The molecule has 0 aliphatic rings. The number of carbonyl (C=O) groups excluding carboxylic acids is 1. The highest BCUT2D eigenvalue weighted by Gasteiger charge is 2.25. The molecule has 0 unspecified atom stereocenters. The number of hydrogen-bond donors (Lipinski definition) is 1. The Labute approximate surface area is 140 Å². The zero-order valence-electron chi connectivity index (χ0n) is 13.0. The normalized spacial score (nSPS) is 10.6. The largest absolute Gasteiger partial charge is 0.320 e. The van der Waals surface area contributed by atoms with Crippen molar-refractivity contribution in [3.8, 4) is 0 Å². The highest BCUT2D eigenvalue weighted by molar-refractivity contribution is 6.04. The van der Waals surface area contributed by atoms with Gasteiger partial charge in [0.1, 0.15) is 18.3 Å². The van der Waals surface area contributed by atoms with Gasteiger partial charge >= 0.3 is 5.69 Å². The van der Waals surface area contributed by atoms with Crippen molar-refractivity contribution in [1.82, 2.24) is 24.5 Å². The summed E-state index contributed by atoms with van der Waals surface area (Å²) in [4.78, 5) is 26.2. The fourth-order valence-corrected chi connectivity index (χ4v) is 2.16. The molecule has 25 heavy (non-hydrogen) atoms. The van der Waals surface area contributed by atoms with Crippen LogP contribution in [0.4, 0.5) is 16.0 Å².